The Morgan fingerprint density at radius 2 is 1.73 bits per heavy atom. The van der Waals surface area contributed by atoms with Crippen LogP contribution in [-0.4, -0.2) is 0 Å². The predicted molar refractivity (Wildman–Crippen MR) is 60.1 cm³/mol. The molecule has 2 aromatic rings. The fourth-order valence-electron chi connectivity index (χ4n) is 1.18. The molecule has 2 nitrogen and oxygen atoms in total. The molecule has 0 spiro atoms. The van der Waals surface area contributed by atoms with Gasteiger partial charge >= 0.3 is 0 Å². The van der Waals surface area contributed by atoms with E-state index in [-0.39, 0.29) is 5.75 Å². The molecule has 0 aliphatic heterocycles. The van der Waals surface area contributed by atoms with Crippen LogP contribution in [0.25, 0.3) is 0 Å². The van der Waals surface area contributed by atoms with Crippen LogP contribution >= 0.6 is 15.9 Å². The predicted octanol–water partition coefficient (Wildman–Crippen LogP) is 3.32. The maximum absolute atomic E-state index is 11.1. The second-order valence-corrected chi connectivity index (χ2v) is 3.86. The first kappa shape index (κ1) is 10.1. The Kier molecular flexibility index (Phi) is 2.92. The molecule has 0 N–H and O–H groups in total. The molecule has 2 aromatic carbocycles. The van der Waals surface area contributed by atoms with Crippen LogP contribution in [0.2, 0.25) is 0 Å². The Morgan fingerprint density at radius 1 is 1.00 bits per heavy atom. The van der Waals surface area contributed by atoms with E-state index in [1.165, 1.54) is 12.1 Å². The van der Waals surface area contributed by atoms with E-state index >= 15 is 0 Å². The van der Waals surface area contributed by atoms with Gasteiger partial charge in [-0.2, -0.15) is 0 Å². The van der Waals surface area contributed by atoms with Crippen LogP contribution in [0.5, 0.6) is 17.2 Å². The van der Waals surface area contributed by atoms with Crippen molar-refractivity contribution in [2.45, 2.75) is 0 Å². The van der Waals surface area contributed by atoms with E-state index in [1.54, 1.807) is 6.07 Å². The van der Waals surface area contributed by atoms with Gasteiger partial charge in [-0.25, -0.2) is 0 Å². The lowest BCUT2D eigenvalue weighted by Gasteiger charge is -2.11. The SMILES string of the molecule is [O-]c1ccc(Br)c(Oc2ccccc2)c1. The van der Waals surface area contributed by atoms with Gasteiger partial charge in [0.05, 0.1) is 4.47 Å². The number of para-hydroxylation sites is 1. The van der Waals surface area contributed by atoms with Crippen molar-refractivity contribution in [1.29, 1.82) is 0 Å². The average Bonchev–Trinajstić information content (AvgIpc) is 2.25. The Hall–Kier alpha value is -1.48. The maximum atomic E-state index is 11.1. The lowest BCUT2D eigenvalue weighted by Crippen LogP contribution is -1.91. The minimum Gasteiger partial charge on any atom is -0.872 e. The average molecular weight is 264 g/mol. The molecule has 0 fully saturated rings. The molecule has 0 atom stereocenters. The largest absolute Gasteiger partial charge is 0.872 e. The van der Waals surface area contributed by atoms with Gasteiger partial charge in [0, 0.05) is 0 Å². The van der Waals surface area contributed by atoms with Crippen LogP contribution in [0.3, 0.4) is 0 Å². The fourth-order valence-corrected chi connectivity index (χ4v) is 1.50. The summed E-state index contributed by atoms with van der Waals surface area (Å²) in [6.07, 6.45) is 0. The molecular weight excluding hydrogens is 256 g/mol. The maximum Gasteiger partial charge on any atom is 0.140 e. The van der Waals surface area contributed by atoms with Gasteiger partial charge in [0.15, 0.2) is 0 Å². The Bertz CT molecular complexity index is 454. The van der Waals surface area contributed by atoms with Gasteiger partial charge in [-0.3, -0.25) is 0 Å². The molecule has 0 unspecified atom stereocenters. The minimum atomic E-state index is -0.0656. The molecule has 15 heavy (non-hydrogen) atoms. The van der Waals surface area contributed by atoms with E-state index < -0.39 is 0 Å². The molecular formula is C12H8BrO2-. The van der Waals surface area contributed by atoms with Gasteiger partial charge in [-0.15, -0.1) is 5.75 Å². The molecule has 76 valence electrons. The smallest absolute Gasteiger partial charge is 0.140 e. The summed E-state index contributed by atoms with van der Waals surface area (Å²) in [4.78, 5) is 0. The van der Waals surface area contributed by atoms with Crippen LogP contribution in [0.4, 0.5) is 0 Å². The number of rotatable bonds is 2. The van der Waals surface area contributed by atoms with Gasteiger partial charge < -0.3 is 9.84 Å². The molecule has 0 saturated carbocycles. The third-order valence-corrected chi connectivity index (χ3v) is 2.53. The summed E-state index contributed by atoms with van der Waals surface area (Å²) in [5.41, 5.74) is 0. The van der Waals surface area contributed by atoms with Crippen molar-refractivity contribution in [1.82, 2.24) is 0 Å². The zero-order valence-electron chi connectivity index (χ0n) is 7.81. The molecule has 0 bridgehead atoms. The summed E-state index contributed by atoms with van der Waals surface area (Å²) in [5.74, 6) is 1.18. The first-order valence-electron chi connectivity index (χ1n) is 4.45. The van der Waals surface area contributed by atoms with E-state index in [9.17, 15) is 5.11 Å². The van der Waals surface area contributed by atoms with Crippen LogP contribution in [-0.2, 0) is 0 Å². The Labute approximate surface area is 96.3 Å². The number of halogens is 1. The van der Waals surface area contributed by atoms with E-state index in [2.05, 4.69) is 15.9 Å². The number of hydrogen-bond donors (Lipinski definition) is 0. The third-order valence-electron chi connectivity index (χ3n) is 1.87. The van der Waals surface area contributed by atoms with Gasteiger partial charge in [0.25, 0.3) is 0 Å². The number of hydrogen-bond acceptors (Lipinski definition) is 2. The summed E-state index contributed by atoms with van der Waals surface area (Å²) in [5, 5.41) is 11.1. The highest BCUT2D eigenvalue weighted by molar-refractivity contribution is 9.10. The van der Waals surface area contributed by atoms with Crippen LogP contribution in [0, 0.1) is 0 Å². The second kappa shape index (κ2) is 4.36. The molecule has 0 saturated heterocycles. The summed E-state index contributed by atoms with van der Waals surface area (Å²) in [7, 11) is 0. The molecule has 3 heteroatoms. The van der Waals surface area contributed by atoms with E-state index in [4.69, 9.17) is 4.74 Å². The molecule has 0 aliphatic carbocycles. The van der Waals surface area contributed by atoms with Crippen LogP contribution in [0.15, 0.2) is 53.0 Å². The minimum absolute atomic E-state index is 0.0656. The van der Waals surface area contributed by atoms with Crippen molar-refractivity contribution in [3.05, 3.63) is 53.0 Å². The first-order chi connectivity index (χ1) is 7.25. The zero-order valence-corrected chi connectivity index (χ0v) is 9.40. The van der Waals surface area contributed by atoms with Gasteiger partial charge in [-0.1, -0.05) is 24.3 Å². The normalized spacial score (nSPS) is 9.93. The van der Waals surface area contributed by atoms with E-state index in [0.717, 1.165) is 4.47 Å². The molecule has 0 radical (unpaired) electrons. The van der Waals surface area contributed by atoms with Crippen molar-refractivity contribution in [2.24, 2.45) is 0 Å². The summed E-state index contributed by atoms with van der Waals surface area (Å²) in [6.45, 7) is 0. The number of benzene rings is 2. The molecule has 2 rings (SSSR count). The topological polar surface area (TPSA) is 32.3 Å². The van der Waals surface area contributed by atoms with Gasteiger partial charge in [-0.05, 0) is 40.2 Å². The van der Waals surface area contributed by atoms with Gasteiger partial charge in [0.1, 0.15) is 11.5 Å². The fraction of sp³-hybridized carbons (Fsp3) is 0. The summed E-state index contributed by atoms with van der Waals surface area (Å²) < 4.78 is 6.31. The Morgan fingerprint density at radius 3 is 2.47 bits per heavy atom. The van der Waals surface area contributed by atoms with Crippen molar-refractivity contribution in [3.8, 4) is 17.2 Å². The Balaban J connectivity index is 2.28. The zero-order chi connectivity index (χ0) is 10.7. The quantitative estimate of drug-likeness (QED) is 0.833. The lowest BCUT2D eigenvalue weighted by atomic mass is 10.3. The number of ether oxygens (including phenoxy) is 1. The first-order valence-corrected chi connectivity index (χ1v) is 5.24. The monoisotopic (exact) mass is 263 g/mol. The van der Waals surface area contributed by atoms with E-state index in [0.29, 0.717) is 11.5 Å². The molecule has 0 amide bonds. The summed E-state index contributed by atoms with van der Waals surface area (Å²) in [6, 6.07) is 14.0. The van der Waals surface area contributed by atoms with Crippen molar-refractivity contribution in [3.63, 3.8) is 0 Å². The van der Waals surface area contributed by atoms with Crippen LogP contribution in [0.1, 0.15) is 0 Å². The molecule has 0 aromatic heterocycles. The van der Waals surface area contributed by atoms with Crippen molar-refractivity contribution in [2.75, 3.05) is 0 Å². The lowest BCUT2D eigenvalue weighted by molar-refractivity contribution is -0.268. The standard InChI is InChI=1S/C12H9BrO2/c13-11-7-6-9(14)8-12(11)15-10-4-2-1-3-5-10/h1-8,14H/p-1. The van der Waals surface area contributed by atoms with Gasteiger partial charge in [0.2, 0.25) is 0 Å². The van der Waals surface area contributed by atoms with Crippen molar-refractivity contribution < 1.29 is 9.84 Å². The van der Waals surface area contributed by atoms with E-state index in [1.807, 2.05) is 30.3 Å². The summed E-state index contributed by atoms with van der Waals surface area (Å²) >= 11 is 3.32. The highest BCUT2D eigenvalue weighted by Crippen LogP contribution is 2.31. The third kappa shape index (κ3) is 2.50. The second-order valence-electron chi connectivity index (χ2n) is 3.01. The molecule has 0 heterocycles. The van der Waals surface area contributed by atoms with Crippen molar-refractivity contribution >= 4 is 15.9 Å². The highest BCUT2D eigenvalue weighted by Gasteiger charge is 2.00. The molecule has 0 aliphatic rings. The highest BCUT2D eigenvalue weighted by atomic mass is 79.9. The van der Waals surface area contributed by atoms with Crippen LogP contribution < -0.4 is 9.84 Å².